The molecule has 4 rings (SSSR count). The largest absolute Gasteiger partial charge is 0.348 e. The maximum atomic E-state index is 14.2. The lowest BCUT2D eigenvalue weighted by Gasteiger charge is -2.25. The van der Waals surface area contributed by atoms with E-state index in [-0.39, 0.29) is 24.1 Å². The predicted octanol–water partition coefficient (Wildman–Crippen LogP) is 3.75. The minimum atomic E-state index is -0.258. The standard InChI is InChI=1S/C17H18FN3OS/c18-13-7-3-2-6-11(13)12-10-14(22)19-16-15(12)23-17(20-16)21-8-4-1-5-9-21/h2-3,6-7,12H,1,4-5,8-10H2,(H,19,22)/t12-/m1/s1. The average Bonchev–Trinajstić information content (AvgIpc) is 2.99. The van der Waals surface area contributed by atoms with Crippen molar-refractivity contribution in [3.63, 3.8) is 0 Å². The summed E-state index contributed by atoms with van der Waals surface area (Å²) in [5.41, 5.74) is 0.581. The first-order valence-corrected chi connectivity index (χ1v) is 8.84. The van der Waals surface area contributed by atoms with Gasteiger partial charge in [-0.15, -0.1) is 0 Å². The van der Waals surface area contributed by atoms with Crippen LogP contribution in [0.15, 0.2) is 24.3 Å². The van der Waals surface area contributed by atoms with Crippen LogP contribution in [0.25, 0.3) is 0 Å². The van der Waals surface area contributed by atoms with Crippen molar-refractivity contribution < 1.29 is 9.18 Å². The van der Waals surface area contributed by atoms with Gasteiger partial charge in [0, 0.05) is 25.4 Å². The summed E-state index contributed by atoms with van der Waals surface area (Å²) >= 11 is 1.59. The number of nitrogens with one attached hydrogen (secondary N) is 1. The van der Waals surface area contributed by atoms with Crippen LogP contribution in [-0.2, 0) is 4.79 Å². The van der Waals surface area contributed by atoms with Crippen LogP contribution in [0.5, 0.6) is 0 Å². The van der Waals surface area contributed by atoms with Gasteiger partial charge in [0.2, 0.25) is 5.91 Å². The van der Waals surface area contributed by atoms with E-state index in [4.69, 9.17) is 0 Å². The third-order valence-corrected chi connectivity index (χ3v) is 5.74. The van der Waals surface area contributed by atoms with Gasteiger partial charge in [-0.3, -0.25) is 4.79 Å². The van der Waals surface area contributed by atoms with Crippen molar-refractivity contribution in [3.8, 4) is 0 Å². The quantitative estimate of drug-likeness (QED) is 0.911. The number of carbonyl (C=O) groups excluding carboxylic acids is 1. The molecule has 2 aromatic rings. The van der Waals surface area contributed by atoms with Gasteiger partial charge in [-0.1, -0.05) is 29.5 Å². The van der Waals surface area contributed by atoms with Crippen LogP contribution in [0.2, 0.25) is 0 Å². The fourth-order valence-corrected chi connectivity index (χ4v) is 4.53. The number of benzene rings is 1. The van der Waals surface area contributed by atoms with Gasteiger partial charge in [0.15, 0.2) is 5.13 Å². The number of hydrogen-bond acceptors (Lipinski definition) is 4. The molecular formula is C17H18FN3OS. The van der Waals surface area contributed by atoms with Gasteiger partial charge in [-0.25, -0.2) is 9.37 Å². The van der Waals surface area contributed by atoms with Crippen molar-refractivity contribution in [1.29, 1.82) is 0 Å². The van der Waals surface area contributed by atoms with Gasteiger partial charge in [-0.05, 0) is 30.9 Å². The van der Waals surface area contributed by atoms with E-state index in [1.165, 1.54) is 25.3 Å². The van der Waals surface area contributed by atoms with E-state index in [1.807, 2.05) is 6.07 Å². The highest BCUT2D eigenvalue weighted by molar-refractivity contribution is 7.16. The molecule has 120 valence electrons. The molecule has 0 unspecified atom stereocenters. The van der Waals surface area contributed by atoms with Gasteiger partial charge in [0.05, 0.1) is 4.88 Å². The van der Waals surface area contributed by atoms with Gasteiger partial charge in [0.25, 0.3) is 0 Å². The van der Waals surface area contributed by atoms with Crippen LogP contribution in [0.1, 0.15) is 42.0 Å². The molecule has 1 atom stereocenters. The van der Waals surface area contributed by atoms with Crippen LogP contribution < -0.4 is 10.2 Å². The molecule has 0 spiro atoms. The summed E-state index contributed by atoms with van der Waals surface area (Å²) in [5.74, 6) is 0.0170. The highest BCUT2D eigenvalue weighted by Crippen LogP contribution is 2.44. The molecule has 1 aromatic carbocycles. The van der Waals surface area contributed by atoms with Crippen LogP contribution in [0.3, 0.4) is 0 Å². The number of rotatable bonds is 2. The number of fused-ring (bicyclic) bond motifs is 1. The second kappa shape index (κ2) is 5.92. The Morgan fingerprint density at radius 1 is 1.22 bits per heavy atom. The van der Waals surface area contributed by atoms with Crippen LogP contribution in [-0.4, -0.2) is 24.0 Å². The van der Waals surface area contributed by atoms with E-state index in [0.29, 0.717) is 11.4 Å². The van der Waals surface area contributed by atoms with E-state index in [0.717, 1.165) is 23.1 Å². The van der Waals surface area contributed by atoms with Crippen LogP contribution >= 0.6 is 11.3 Å². The van der Waals surface area contributed by atoms with Gasteiger partial charge in [-0.2, -0.15) is 0 Å². The Balaban J connectivity index is 1.73. The Morgan fingerprint density at radius 3 is 2.78 bits per heavy atom. The Bertz CT molecular complexity index is 739. The third kappa shape index (κ3) is 2.72. The zero-order chi connectivity index (χ0) is 15.8. The molecule has 0 aliphatic carbocycles. The Kier molecular flexibility index (Phi) is 3.77. The molecule has 0 saturated carbocycles. The zero-order valence-electron chi connectivity index (χ0n) is 12.7. The fourth-order valence-electron chi connectivity index (χ4n) is 3.34. The highest BCUT2D eigenvalue weighted by atomic mass is 32.1. The summed E-state index contributed by atoms with van der Waals surface area (Å²) < 4.78 is 14.2. The Morgan fingerprint density at radius 2 is 2.00 bits per heavy atom. The summed E-state index contributed by atoms with van der Waals surface area (Å²) in [6, 6.07) is 6.71. The molecule has 0 radical (unpaired) electrons. The first kappa shape index (κ1) is 14.6. The van der Waals surface area contributed by atoms with Gasteiger partial charge < -0.3 is 10.2 Å². The molecule has 1 fully saturated rings. The molecule has 23 heavy (non-hydrogen) atoms. The normalized spacial score (nSPS) is 21.0. The minimum absolute atomic E-state index is 0.0961. The Labute approximate surface area is 138 Å². The van der Waals surface area contributed by atoms with Crippen molar-refractivity contribution >= 4 is 28.2 Å². The molecule has 2 aliphatic rings. The molecule has 4 nitrogen and oxygen atoms in total. The van der Waals surface area contributed by atoms with Gasteiger partial charge >= 0.3 is 0 Å². The van der Waals surface area contributed by atoms with E-state index in [9.17, 15) is 9.18 Å². The molecular weight excluding hydrogens is 313 g/mol. The number of piperidine rings is 1. The molecule has 6 heteroatoms. The minimum Gasteiger partial charge on any atom is -0.348 e. The van der Waals surface area contributed by atoms with Crippen molar-refractivity contribution in [3.05, 3.63) is 40.5 Å². The SMILES string of the molecule is O=C1C[C@H](c2ccccc2F)c2sc(N3CCCCC3)nc2N1. The monoisotopic (exact) mass is 331 g/mol. The first-order valence-electron chi connectivity index (χ1n) is 8.02. The van der Waals surface area contributed by atoms with E-state index in [2.05, 4.69) is 15.2 Å². The third-order valence-electron chi connectivity index (χ3n) is 4.51. The first-order chi connectivity index (χ1) is 11.2. The molecule has 1 saturated heterocycles. The van der Waals surface area contributed by atoms with Crippen molar-refractivity contribution in [2.45, 2.75) is 31.6 Å². The topological polar surface area (TPSA) is 45.2 Å². The number of nitrogens with zero attached hydrogens (tertiary/aromatic N) is 2. The molecule has 1 N–H and O–H groups in total. The predicted molar refractivity (Wildman–Crippen MR) is 89.7 cm³/mol. The van der Waals surface area contributed by atoms with Crippen LogP contribution in [0, 0.1) is 5.82 Å². The summed E-state index contributed by atoms with van der Waals surface area (Å²) in [5, 5.41) is 3.79. The fraction of sp³-hybridized carbons (Fsp3) is 0.412. The maximum Gasteiger partial charge on any atom is 0.226 e. The number of amides is 1. The summed E-state index contributed by atoms with van der Waals surface area (Å²) in [7, 11) is 0. The second-order valence-corrected chi connectivity index (χ2v) is 7.09. The zero-order valence-corrected chi connectivity index (χ0v) is 13.5. The number of halogens is 1. The summed E-state index contributed by atoms with van der Waals surface area (Å²) in [6.07, 6.45) is 3.88. The molecule has 3 heterocycles. The maximum absolute atomic E-state index is 14.2. The number of anilines is 2. The number of carbonyl (C=O) groups is 1. The van der Waals surface area contributed by atoms with Crippen LogP contribution in [0.4, 0.5) is 15.3 Å². The lowest BCUT2D eigenvalue weighted by atomic mass is 9.91. The lowest BCUT2D eigenvalue weighted by molar-refractivity contribution is -0.116. The molecule has 2 aliphatic heterocycles. The number of aromatic nitrogens is 1. The number of hydrogen-bond donors (Lipinski definition) is 1. The van der Waals surface area contributed by atoms with E-state index < -0.39 is 0 Å². The summed E-state index contributed by atoms with van der Waals surface area (Å²) in [4.78, 5) is 19.9. The number of thiazole rings is 1. The van der Waals surface area contributed by atoms with E-state index in [1.54, 1.807) is 23.5 Å². The average molecular weight is 331 g/mol. The molecule has 1 amide bonds. The molecule has 1 aromatic heterocycles. The van der Waals surface area contributed by atoms with Crippen molar-refractivity contribution in [1.82, 2.24) is 4.98 Å². The van der Waals surface area contributed by atoms with Crippen molar-refractivity contribution in [2.24, 2.45) is 0 Å². The smallest absolute Gasteiger partial charge is 0.226 e. The Hall–Kier alpha value is -1.95. The van der Waals surface area contributed by atoms with Gasteiger partial charge in [0.1, 0.15) is 11.6 Å². The lowest BCUT2D eigenvalue weighted by Crippen LogP contribution is -2.29. The second-order valence-electron chi connectivity index (χ2n) is 6.08. The highest BCUT2D eigenvalue weighted by Gasteiger charge is 2.32. The van der Waals surface area contributed by atoms with Crippen molar-refractivity contribution in [2.75, 3.05) is 23.3 Å². The molecule has 0 bridgehead atoms. The summed E-state index contributed by atoms with van der Waals surface area (Å²) in [6.45, 7) is 2.01. The van der Waals surface area contributed by atoms with E-state index >= 15 is 0 Å².